The zero-order chi connectivity index (χ0) is 13.8. The zero-order valence-electron chi connectivity index (χ0n) is 10.5. The molecular weight excluding hydrogens is 346 g/mol. The van der Waals surface area contributed by atoms with Crippen LogP contribution in [0.5, 0.6) is 0 Å². The van der Waals surface area contributed by atoms with Gasteiger partial charge in [-0.2, -0.15) is 0 Å². The van der Waals surface area contributed by atoms with Crippen molar-refractivity contribution in [2.24, 2.45) is 0 Å². The Kier molecular flexibility index (Phi) is 5.89. The van der Waals surface area contributed by atoms with Gasteiger partial charge in [-0.05, 0) is 24.5 Å². The van der Waals surface area contributed by atoms with Crippen LogP contribution in [0.25, 0.3) is 5.32 Å². The smallest absolute Gasteiger partial charge is 0.656 e. The third-order valence-corrected chi connectivity index (χ3v) is 2.73. The predicted molar refractivity (Wildman–Crippen MR) is 69.9 cm³/mol. The minimum absolute atomic E-state index is 0. The summed E-state index contributed by atoms with van der Waals surface area (Å²) in [6.45, 7) is -0.177. The van der Waals surface area contributed by atoms with Crippen LogP contribution in [-0.2, 0) is 29.1 Å². The van der Waals surface area contributed by atoms with E-state index in [1.54, 1.807) is 12.1 Å². The van der Waals surface area contributed by atoms with Gasteiger partial charge in [-0.3, -0.25) is 14.5 Å². The molecule has 8 heteroatoms. The predicted octanol–water partition coefficient (Wildman–Crippen LogP) is 0.479. The van der Waals surface area contributed by atoms with E-state index in [-0.39, 0.29) is 45.1 Å². The van der Waals surface area contributed by atoms with Gasteiger partial charge < -0.3 is 15.0 Å². The molecular formula is C12H11BN3O3Ru. The number of rotatable bonds is 3. The van der Waals surface area contributed by atoms with E-state index in [0.29, 0.717) is 0 Å². The van der Waals surface area contributed by atoms with Crippen LogP contribution >= 0.6 is 0 Å². The molecule has 0 N–H and O–H groups in total. The summed E-state index contributed by atoms with van der Waals surface area (Å²) in [5, 5.41) is 3.31. The van der Waals surface area contributed by atoms with Gasteiger partial charge >= 0.3 is 19.5 Å². The molecule has 1 aliphatic heterocycles. The van der Waals surface area contributed by atoms with Gasteiger partial charge in [0.15, 0.2) is 0 Å². The zero-order valence-corrected chi connectivity index (χ0v) is 12.2. The average Bonchev–Trinajstić information content (AvgIpc) is 2.79. The Balaban J connectivity index is 0.00000200. The van der Waals surface area contributed by atoms with E-state index in [0.717, 1.165) is 5.69 Å². The van der Waals surface area contributed by atoms with Crippen LogP contribution in [0.4, 0.5) is 10.5 Å². The van der Waals surface area contributed by atoms with Gasteiger partial charge in [-0.25, -0.2) is 0 Å². The molecule has 0 saturated carbocycles. The van der Waals surface area contributed by atoms with E-state index in [9.17, 15) is 14.4 Å². The molecule has 20 heavy (non-hydrogen) atoms. The molecule has 3 radical (unpaired) electrons. The van der Waals surface area contributed by atoms with E-state index >= 15 is 0 Å². The summed E-state index contributed by atoms with van der Waals surface area (Å²) < 4.78 is 0. The Morgan fingerprint density at radius 3 is 2.50 bits per heavy atom. The Labute approximate surface area is 130 Å². The quantitative estimate of drug-likeness (QED) is 0.739. The van der Waals surface area contributed by atoms with Crippen molar-refractivity contribution >= 4 is 31.2 Å². The van der Waals surface area contributed by atoms with Crippen molar-refractivity contribution in [2.75, 3.05) is 24.7 Å². The maximum absolute atomic E-state index is 11.8. The van der Waals surface area contributed by atoms with E-state index in [1.807, 2.05) is 18.2 Å². The molecule has 1 aliphatic rings. The maximum Gasteiger partial charge on any atom is 1.00 e. The molecule has 1 fully saturated rings. The van der Waals surface area contributed by atoms with Crippen LogP contribution < -0.4 is 4.90 Å². The number of hydrogen-bond acceptors (Lipinski definition) is 3. The molecule has 1 saturated heterocycles. The first-order valence-electron chi connectivity index (χ1n) is 5.68. The molecule has 1 aromatic rings. The van der Waals surface area contributed by atoms with Gasteiger partial charge in [-0.15, -0.1) is 0 Å². The molecule has 0 bridgehead atoms. The summed E-state index contributed by atoms with van der Waals surface area (Å²) in [6.07, 6.45) is 0. The summed E-state index contributed by atoms with van der Waals surface area (Å²) in [7, 11) is 4.83. The molecule has 6 nitrogen and oxygen atoms in total. The minimum Gasteiger partial charge on any atom is -0.656 e. The number of hydrogen-bond donors (Lipinski definition) is 0. The van der Waals surface area contributed by atoms with Gasteiger partial charge in [0.1, 0.15) is 21.1 Å². The van der Waals surface area contributed by atoms with Crippen molar-refractivity contribution in [3.05, 3.63) is 35.6 Å². The molecule has 0 spiro atoms. The van der Waals surface area contributed by atoms with E-state index < -0.39 is 11.7 Å². The summed E-state index contributed by atoms with van der Waals surface area (Å²) >= 11 is 0. The van der Waals surface area contributed by atoms with Gasteiger partial charge in [0.05, 0.1) is 0 Å². The monoisotopic (exact) mass is 358 g/mol. The number of carbonyl (C=O) groups is 3. The van der Waals surface area contributed by atoms with Gasteiger partial charge in [-0.1, -0.05) is 18.2 Å². The van der Waals surface area contributed by atoms with Crippen molar-refractivity contribution in [2.45, 2.75) is 0 Å². The molecule has 1 heterocycles. The maximum atomic E-state index is 11.8. The van der Waals surface area contributed by atoms with Gasteiger partial charge in [0, 0.05) is 5.69 Å². The van der Waals surface area contributed by atoms with Crippen LogP contribution in [0.15, 0.2) is 30.3 Å². The van der Waals surface area contributed by atoms with Crippen molar-refractivity contribution in [3.63, 3.8) is 0 Å². The number of nitrogens with zero attached hydrogens (tertiary/aromatic N) is 3. The van der Waals surface area contributed by atoms with Gasteiger partial charge in [0.2, 0.25) is 11.8 Å². The van der Waals surface area contributed by atoms with E-state index in [2.05, 4.69) is 5.32 Å². The van der Waals surface area contributed by atoms with E-state index in [1.165, 1.54) is 9.80 Å². The van der Waals surface area contributed by atoms with Crippen molar-refractivity contribution < 1.29 is 33.9 Å². The van der Waals surface area contributed by atoms with Crippen LogP contribution in [0.3, 0.4) is 0 Å². The fourth-order valence-corrected chi connectivity index (χ4v) is 1.79. The number of amides is 3. The minimum atomic E-state index is -0.890. The molecule has 1 aromatic carbocycles. The fourth-order valence-electron chi connectivity index (χ4n) is 1.79. The number of anilines is 1. The first-order chi connectivity index (χ1) is 9.08. The molecule has 0 unspecified atom stereocenters. The summed E-state index contributed by atoms with van der Waals surface area (Å²) in [6, 6.07) is 9.06. The molecule has 3 amide bonds. The third kappa shape index (κ3) is 3.90. The fraction of sp³-hybridized carbons (Fsp3) is 0.250. The molecule has 103 valence electrons. The first-order valence-corrected chi connectivity index (χ1v) is 5.68. The summed E-state index contributed by atoms with van der Waals surface area (Å²) in [5.74, 6) is -1.46. The van der Waals surface area contributed by atoms with Crippen molar-refractivity contribution in [1.29, 1.82) is 0 Å². The Bertz CT molecular complexity index is 512. The largest absolute Gasteiger partial charge is 1.00 e. The molecule has 0 aliphatic carbocycles. The van der Waals surface area contributed by atoms with Crippen LogP contribution in [0.1, 0.15) is 0 Å². The third-order valence-electron chi connectivity index (χ3n) is 2.73. The topological polar surface area (TPSA) is 71.8 Å². The second kappa shape index (κ2) is 7.19. The number of carbonyl (C=O) groups excluding carboxylic acids is 3. The van der Waals surface area contributed by atoms with Crippen LogP contribution in [0, 0.1) is 0 Å². The molecule has 0 atom stereocenters. The second-order valence-corrected chi connectivity index (χ2v) is 4.04. The van der Waals surface area contributed by atoms with Crippen molar-refractivity contribution in [3.8, 4) is 0 Å². The van der Waals surface area contributed by atoms with Crippen LogP contribution in [-0.4, -0.2) is 50.1 Å². The van der Waals surface area contributed by atoms with Crippen LogP contribution in [0.2, 0.25) is 0 Å². The Morgan fingerprint density at radius 2 is 1.90 bits per heavy atom. The Hall–Kier alpha value is -1.68. The molecule has 0 aromatic heterocycles. The van der Waals surface area contributed by atoms with Crippen molar-refractivity contribution in [1.82, 2.24) is 4.90 Å². The molecule has 2 rings (SSSR count). The standard InChI is InChI=1S/C12H12BN3O3.Ru/c13-12(19)14-6-10(17)15-7-11(18)16(8-15)9-4-2-1-3-5-9;/h1-5H,6-8H2,(H,14,19);/q;+1/p-1. The number of benzene rings is 1. The average molecular weight is 357 g/mol. The summed E-state index contributed by atoms with van der Waals surface area (Å²) in [5.41, 5.74) is 0.731. The number of para-hydroxylation sites is 1. The summed E-state index contributed by atoms with van der Waals surface area (Å²) in [4.78, 5) is 36.9. The van der Waals surface area contributed by atoms with Gasteiger partial charge in [0.25, 0.3) is 0 Å². The SMILES string of the molecule is [B]C(=O)[N-]CC(=O)N1CC(=O)N(c2ccccc2)C1.[Ru+]. The second-order valence-electron chi connectivity index (χ2n) is 4.04. The Morgan fingerprint density at radius 1 is 1.25 bits per heavy atom. The first kappa shape index (κ1) is 16.4. The normalized spacial score (nSPS) is 13.9. The van der Waals surface area contributed by atoms with E-state index in [4.69, 9.17) is 7.85 Å².